The van der Waals surface area contributed by atoms with Gasteiger partial charge < -0.3 is 15.4 Å². The van der Waals surface area contributed by atoms with Gasteiger partial charge in [0.25, 0.3) is 5.91 Å². The van der Waals surface area contributed by atoms with Gasteiger partial charge in [-0.1, -0.05) is 35.9 Å². The topological polar surface area (TPSA) is 108 Å². The Morgan fingerprint density at radius 3 is 2.50 bits per heavy atom. The van der Waals surface area contributed by atoms with Crippen molar-refractivity contribution in [3.05, 3.63) is 69.9 Å². The fourth-order valence-electron chi connectivity index (χ4n) is 2.75. The van der Waals surface area contributed by atoms with E-state index in [0.717, 1.165) is 11.1 Å². The molecule has 3 rings (SSSR count). The molecule has 0 atom stereocenters. The second-order valence-electron chi connectivity index (χ2n) is 6.83. The Labute approximate surface area is 193 Å². The summed E-state index contributed by atoms with van der Waals surface area (Å²) in [6, 6.07) is 12.8. The molecule has 2 N–H and O–H groups in total. The zero-order valence-electron chi connectivity index (χ0n) is 17.3. The minimum Gasteiger partial charge on any atom is -0.452 e. The van der Waals surface area contributed by atoms with Crippen molar-refractivity contribution in [2.45, 2.75) is 13.8 Å². The number of rotatable bonds is 7. The second kappa shape index (κ2) is 10.5. The molecule has 0 aliphatic heterocycles. The average Bonchev–Trinajstić information content (AvgIpc) is 3.38. The Morgan fingerprint density at radius 1 is 1.06 bits per heavy atom. The second-order valence-corrected chi connectivity index (χ2v) is 8.63. The number of allylic oxidation sites excluding steroid dienone is 1. The van der Waals surface area contributed by atoms with Crippen molar-refractivity contribution in [1.29, 1.82) is 5.26 Å². The fraction of sp³-hybridized carbons (Fsp3) is 0.130. The minimum atomic E-state index is -0.737. The van der Waals surface area contributed by atoms with Crippen LogP contribution in [0, 0.1) is 11.3 Å². The van der Waals surface area contributed by atoms with Crippen molar-refractivity contribution in [2.24, 2.45) is 0 Å². The number of nitriles is 1. The largest absolute Gasteiger partial charge is 0.452 e. The minimum absolute atomic E-state index is 0.179. The molecule has 162 valence electrons. The van der Waals surface area contributed by atoms with Crippen LogP contribution in [0.25, 0.3) is 11.1 Å². The highest BCUT2D eigenvalue weighted by Gasteiger charge is 2.23. The van der Waals surface area contributed by atoms with E-state index in [4.69, 9.17) is 10.00 Å². The molecule has 7 nitrogen and oxygen atoms in total. The van der Waals surface area contributed by atoms with Gasteiger partial charge in [-0.25, -0.2) is 4.79 Å². The molecule has 32 heavy (non-hydrogen) atoms. The van der Waals surface area contributed by atoms with E-state index in [-0.39, 0.29) is 11.5 Å². The maximum absolute atomic E-state index is 12.9. The van der Waals surface area contributed by atoms with Gasteiger partial charge >= 0.3 is 5.97 Å². The summed E-state index contributed by atoms with van der Waals surface area (Å²) in [5.41, 5.74) is 2.70. The van der Waals surface area contributed by atoms with Gasteiger partial charge in [0, 0.05) is 17.0 Å². The van der Waals surface area contributed by atoms with Crippen LogP contribution in [0.4, 0.5) is 10.0 Å². The van der Waals surface area contributed by atoms with Gasteiger partial charge in [-0.3, -0.25) is 9.59 Å². The number of carbonyl (C=O) groups is 3. The summed E-state index contributed by atoms with van der Waals surface area (Å²) in [6.45, 7) is 3.05. The summed E-state index contributed by atoms with van der Waals surface area (Å²) in [6.07, 6.45) is 1.43. The van der Waals surface area contributed by atoms with Crippen LogP contribution < -0.4 is 10.6 Å². The first-order chi connectivity index (χ1) is 15.4. The molecule has 2 aromatic heterocycles. The van der Waals surface area contributed by atoms with Crippen LogP contribution in [0.2, 0.25) is 0 Å². The smallest absolute Gasteiger partial charge is 0.342 e. The predicted octanol–water partition coefficient (Wildman–Crippen LogP) is 5.05. The summed E-state index contributed by atoms with van der Waals surface area (Å²) in [7, 11) is 0. The fourth-order valence-corrected chi connectivity index (χ4v) is 4.47. The normalized spacial score (nSPS) is 10.0. The van der Waals surface area contributed by atoms with Crippen LogP contribution in [0.1, 0.15) is 29.8 Å². The molecule has 0 unspecified atom stereocenters. The van der Waals surface area contributed by atoms with Crippen molar-refractivity contribution in [3.8, 4) is 17.2 Å². The molecule has 0 bridgehead atoms. The van der Waals surface area contributed by atoms with Crippen LogP contribution >= 0.6 is 22.7 Å². The average molecular weight is 466 g/mol. The summed E-state index contributed by atoms with van der Waals surface area (Å²) in [5.74, 6) is -1.66. The Balaban J connectivity index is 1.80. The van der Waals surface area contributed by atoms with Gasteiger partial charge in [0.2, 0.25) is 5.91 Å². The lowest BCUT2D eigenvalue weighted by Gasteiger charge is -2.09. The maximum atomic E-state index is 12.9. The van der Waals surface area contributed by atoms with Crippen molar-refractivity contribution >= 4 is 50.5 Å². The van der Waals surface area contributed by atoms with Crippen molar-refractivity contribution in [3.63, 3.8) is 0 Å². The van der Waals surface area contributed by atoms with Gasteiger partial charge in [-0.15, -0.1) is 22.7 Å². The highest BCUT2D eigenvalue weighted by atomic mass is 32.1. The molecule has 0 aliphatic rings. The molecule has 3 aromatic rings. The third-order valence-corrected chi connectivity index (χ3v) is 5.83. The first kappa shape index (κ1) is 22.9. The van der Waals surface area contributed by atoms with Gasteiger partial charge in [-0.05, 0) is 30.9 Å². The van der Waals surface area contributed by atoms with E-state index in [1.165, 1.54) is 28.7 Å². The molecule has 0 aliphatic carbocycles. The zero-order chi connectivity index (χ0) is 23.1. The molecule has 0 radical (unpaired) electrons. The maximum Gasteiger partial charge on any atom is 0.342 e. The first-order valence-electron chi connectivity index (χ1n) is 9.46. The summed E-state index contributed by atoms with van der Waals surface area (Å²) >= 11 is 2.40. The number of thiophene rings is 2. The number of benzene rings is 1. The molecule has 9 heteroatoms. The number of hydrogen-bond donors (Lipinski definition) is 2. The molecule has 0 fully saturated rings. The lowest BCUT2D eigenvalue weighted by atomic mass is 10.0. The van der Waals surface area contributed by atoms with Crippen LogP contribution in [-0.2, 0) is 14.3 Å². The monoisotopic (exact) mass is 465 g/mol. The van der Waals surface area contributed by atoms with E-state index in [0.29, 0.717) is 21.1 Å². The van der Waals surface area contributed by atoms with E-state index in [1.807, 2.05) is 36.4 Å². The number of nitrogens with zero attached hydrogens (tertiary/aromatic N) is 1. The molecule has 0 saturated carbocycles. The van der Waals surface area contributed by atoms with E-state index in [1.54, 1.807) is 30.7 Å². The summed E-state index contributed by atoms with van der Waals surface area (Å²) in [5, 5.41) is 18.5. The summed E-state index contributed by atoms with van der Waals surface area (Å²) in [4.78, 5) is 37.4. The van der Waals surface area contributed by atoms with Crippen molar-refractivity contribution in [1.82, 2.24) is 0 Å². The number of hydrogen-bond acceptors (Lipinski definition) is 7. The molecule has 1 aromatic carbocycles. The number of anilines is 2. The van der Waals surface area contributed by atoms with Crippen LogP contribution in [0.5, 0.6) is 0 Å². The molecule has 0 saturated heterocycles. The predicted molar refractivity (Wildman–Crippen MR) is 126 cm³/mol. The third-order valence-electron chi connectivity index (χ3n) is 4.11. The molecular formula is C23H19N3O4S2. The molecular weight excluding hydrogens is 446 g/mol. The standard InChI is InChI=1S/C23H19N3O4S2/c1-14(2)10-18(27)25-22-20(17(13-32-22)15-6-4-3-5-7-15)23(29)30-12-19(28)26-21-16(11-24)8-9-31-21/h3-10,13H,12H2,1-2H3,(H,25,27)(H,26,28). The zero-order valence-corrected chi connectivity index (χ0v) is 18.9. The number of nitrogens with one attached hydrogen (secondary N) is 2. The number of carbonyl (C=O) groups excluding carboxylic acids is 3. The van der Waals surface area contributed by atoms with Crippen molar-refractivity contribution in [2.75, 3.05) is 17.2 Å². The molecule has 2 amide bonds. The van der Waals surface area contributed by atoms with Crippen LogP contribution in [0.15, 0.2) is 58.8 Å². The highest BCUT2D eigenvalue weighted by Crippen LogP contribution is 2.36. The van der Waals surface area contributed by atoms with Crippen molar-refractivity contribution < 1.29 is 19.1 Å². The van der Waals surface area contributed by atoms with E-state index in [9.17, 15) is 14.4 Å². The SMILES string of the molecule is CC(C)=CC(=O)Nc1scc(-c2ccccc2)c1C(=O)OCC(=O)Nc1sccc1C#N. The highest BCUT2D eigenvalue weighted by molar-refractivity contribution is 7.15. The van der Waals surface area contributed by atoms with Crippen LogP contribution in [-0.4, -0.2) is 24.4 Å². The quantitative estimate of drug-likeness (QED) is 0.375. The lowest BCUT2D eigenvalue weighted by molar-refractivity contribution is -0.119. The first-order valence-corrected chi connectivity index (χ1v) is 11.2. The molecule has 0 spiro atoms. The van der Waals surface area contributed by atoms with Crippen LogP contribution in [0.3, 0.4) is 0 Å². The van der Waals surface area contributed by atoms with E-state index >= 15 is 0 Å². The number of ether oxygens (including phenoxy) is 1. The van der Waals surface area contributed by atoms with Gasteiger partial charge in [0.1, 0.15) is 21.6 Å². The van der Waals surface area contributed by atoms with Gasteiger partial charge in [0.15, 0.2) is 6.61 Å². The van der Waals surface area contributed by atoms with E-state index < -0.39 is 18.5 Å². The van der Waals surface area contributed by atoms with Gasteiger partial charge in [-0.2, -0.15) is 5.26 Å². The Bertz CT molecular complexity index is 1220. The Kier molecular flexibility index (Phi) is 7.54. The lowest BCUT2D eigenvalue weighted by Crippen LogP contribution is -2.21. The van der Waals surface area contributed by atoms with E-state index in [2.05, 4.69) is 10.6 Å². The number of esters is 1. The van der Waals surface area contributed by atoms with Gasteiger partial charge in [0.05, 0.1) is 5.56 Å². The summed E-state index contributed by atoms with van der Waals surface area (Å²) < 4.78 is 5.25. The Hall–Kier alpha value is -3.74. The third kappa shape index (κ3) is 5.69. The number of amides is 2. The Morgan fingerprint density at radius 2 is 1.81 bits per heavy atom. The molecule has 2 heterocycles.